The fourth-order valence-electron chi connectivity index (χ4n) is 12.7. The number of furan rings is 1. The van der Waals surface area contributed by atoms with Gasteiger partial charge in [-0.1, -0.05) is 175 Å². The number of para-hydroxylation sites is 1. The maximum absolute atomic E-state index is 7.53. The Morgan fingerprint density at radius 1 is 0.623 bits per heavy atom. The van der Waals surface area contributed by atoms with E-state index in [0.717, 1.165) is 99.2 Å². The number of fused-ring (bicyclic) bond motifs is 7. The highest BCUT2D eigenvalue weighted by atomic mass is 16.3. The zero-order valence-electron chi connectivity index (χ0n) is 39.4. The summed E-state index contributed by atoms with van der Waals surface area (Å²) in [5.41, 5.74) is 15.5. The molecule has 0 N–H and O–H groups in total. The van der Waals surface area contributed by atoms with Crippen LogP contribution < -0.4 is 0 Å². The van der Waals surface area contributed by atoms with Crippen molar-refractivity contribution in [3.8, 4) is 11.4 Å². The van der Waals surface area contributed by atoms with Gasteiger partial charge in [-0.2, -0.15) is 0 Å². The molecule has 0 fully saturated rings. The molecular formula is C64H58N4O. The van der Waals surface area contributed by atoms with Gasteiger partial charge in [0.25, 0.3) is 0 Å². The van der Waals surface area contributed by atoms with Crippen LogP contribution in [0.5, 0.6) is 0 Å². The van der Waals surface area contributed by atoms with Crippen molar-refractivity contribution < 1.29 is 4.42 Å². The van der Waals surface area contributed by atoms with Crippen LogP contribution >= 0.6 is 0 Å². The molecule has 0 bridgehead atoms. The molecule has 5 nitrogen and oxygen atoms in total. The maximum Gasteiger partial charge on any atom is 0.163 e. The molecule has 5 aliphatic carbocycles. The molecule has 0 saturated heterocycles. The van der Waals surface area contributed by atoms with E-state index in [9.17, 15) is 0 Å². The molecule has 3 aromatic heterocycles. The van der Waals surface area contributed by atoms with Crippen molar-refractivity contribution in [3.63, 3.8) is 0 Å². The molecule has 8 aromatic rings. The Bertz CT molecular complexity index is 3430. The van der Waals surface area contributed by atoms with Crippen molar-refractivity contribution in [3.05, 3.63) is 215 Å². The quantitative estimate of drug-likeness (QED) is 0.135. The molecule has 3 heterocycles. The molecule has 0 amide bonds. The minimum atomic E-state index is -0.0148. The highest BCUT2D eigenvalue weighted by Gasteiger charge is 2.40. The summed E-state index contributed by atoms with van der Waals surface area (Å²) in [4.78, 5) is 16.3. The fourth-order valence-corrected chi connectivity index (χ4v) is 12.7. The second-order valence-electron chi connectivity index (χ2n) is 20.2. The highest BCUT2D eigenvalue weighted by Crippen LogP contribution is 2.53. The summed E-state index contributed by atoms with van der Waals surface area (Å²) >= 11 is 0. The first-order chi connectivity index (χ1) is 34.2. The first kappa shape index (κ1) is 42.0. The molecule has 13 rings (SSSR count). The van der Waals surface area contributed by atoms with E-state index in [4.69, 9.17) is 19.4 Å². The smallest absolute Gasteiger partial charge is 0.163 e. The van der Waals surface area contributed by atoms with E-state index in [0.29, 0.717) is 5.92 Å². The summed E-state index contributed by atoms with van der Waals surface area (Å²) in [6.07, 6.45) is 30.6. The van der Waals surface area contributed by atoms with Gasteiger partial charge in [0.05, 0.1) is 11.0 Å². The van der Waals surface area contributed by atoms with Crippen LogP contribution in [-0.4, -0.2) is 19.5 Å². The molecule has 4 unspecified atom stereocenters. The number of hydrogen-bond donors (Lipinski definition) is 0. The minimum Gasteiger partial charge on any atom is -0.458 e. The van der Waals surface area contributed by atoms with Crippen molar-refractivity contribution in [2.45, 2.75) is 101 Å². The second-order valence-corrected chi connectivity index (χ2v) is 20.2. The van der Waals surface area contributed by atoms with E-state index >= 15 is 0 Å². The van der Waals surface area contributed by atoms with Crippen LogP contribution in [0, 0.1) is 5.92 Å². The molecule has 0 aliphatic heterocycles. The predicted molar refractivity (Wildman–Crippen MR) is 284 cm³/mol. The molecule has 340 valence electrons. The summed E-state index contributed by atoms with van der Waals surface area (Å²) in [6.45, 7) is 0. The highest BCUT2D eigenvalue weighted by molar-refractivity contribution is 6.18. The molecular weight excluding hydrogens is 841 g/mol. The third-order valence-electron chi connectivity index (χ3n) is 15.9. The third kappa shape index (κ3) is 7.86. The zero-order chi connectivity index (χ0) is 45.7. The van der Waals surface area contributed by atoms with Crippen LogP contribution in [0.3, 0.4) is 0 Å². The van der Waals surface area contributed by atoms with Crippen molar-refractivity contribution in [1.82, 2.24) is 19.5 Å². The third-order valence-corrected chi connectivity index (χ3v) is 15.9. The topological polar surface area (TPSA) is 56.7 Å². The molecule has 0 radical (unpaired) electrons. The van der Waals surface area contributed by atoms with Crippen LogP contribution in [0.1, 0.15) is 129 Å². The summed E-state index contributed by atoms with van der Waals surface area (Å²) in [6, 6.07) is 46.3. The van der Waals surface area contributed by atoms with Gasteiger partial charge in [0, 0.05) is 50.7 Å². The first-order valence-corrected chi connectivity index (χ1v) is 25.8. The van der Waals surface area contributed by atoms with Gasteiger partial charge in [0.1, 0.15) is 11.6 Å². The number of rotatable bonds is 9. The van der Waals surface area contributed by atoms with Gasteiger partial charge in [-0.05, 0) is 118 Å². The Balaban J connectivity index is 0.952. The van der Waals surface area contributed by atoms with Crippen molar-refractivity contribution in [2.24, 2.45) is 5.92 Å². The van der Waals surface area contributed by atoms with Crippen LogP contribution in [0.2, 0.25) is 0 Å². The van der Waals surface area contributed by atoms with Gasteiger partial charge in [0.15, 0.2) is 17.2 Å². The SMILES string of the molecule is C1=CCCC(c2nc(-c3ccccc3)nc(C3C=C(CC4=CC(c5ccccc5)=CC(c5ccccc5)C4)CCC3C3CCCc4c3oc3c4ccc4c5ccccc5n(C5=CCCCC5)c43)n2)=C1. The van der Waals surface area contributed by atoms with Gasteiger partial charge in [-0.15, -0.1) is 0 Å². The van der Waals surface area contributed by atoms with E-state index in [1.54, 1.807) is 0 Å². The van der Waals surface area contributed by atoms with Crippen LogP contribution in [0.25, 0.3) is 61.0 Å². The normalized spacial score (nSPS) is 21.7. The van der Waals surface area contributed by atoms with E-state index in [-0.39, 0.29) is 17.8 Å². The Morgan fingerprint density at radius 3 is 2.22 bits per heavy atom. The number of aromatic nitrogens is 4. The number of nitrogens with zero attached hydrogens (tertiary/aromatic N) is 4. The average Bonchev–Trinajstić information content (AvgIpc) is 3.98. The maximum atomic E-state index is 7.53. The molecule has 4 atom stereocenters. The van der Waals surface area contributed by atoms with E-state index in [2.05, 4.69) is 174 Å². The number of hydrogen-bond acceptors (Lipinski definition) is 4. The van der Waals surface area contributed by atoms with E-state index < -0.39 is 0 Å². The lowest BCUT2D eigenvalue weighted by Gasteiger charge is -2.37. The number of aryl methyl sites for hydroxylation is 1. The Hall–Kier alpha value is -7.11. The minimum absolute atomic E-state index is 0.0148. The predicted octanol–water partition coefficient (Wildman–Crippen LogP) is 16.7. The van der Waals surface area contributed by atoms with E-state index in [1.807, 2.05) is 0 Å². The Kier molecular flexibility index (Phi) is 11.0. The Morgan fingerprint density at radius 2 is 1.41 bits per heavy atom. The molecule has 5 aliphatic rings. The average molecular weight is 899 g/mol. The van der Waals surface area contributed by atoms with Crippen molar-refractivity contribution >= 4 is 49.6 Å². The van der Waals surface area contributed by atoms with Gasteiger partial charge < -0.3 is 8.98 Å². The lowest BCUT2D eigenvalue weighted by Crippen LogP contribution is -2.27. The molecule has 69 heavy (non-hydrogen) atoms. The fraction of sp³-hybridized carbons (Fsp3) is 0.266. The summed E-state index contributed by atoms with van der Waals surface area (Å²) in [5, 5.41) is 3.87. The lowest BCUT2D eigenvalue weighted by atomic mass is 9.67. The molecule has 5 heteroatoms. The monoisotopic (exact) mass is 898 g/mol. The molecule has 5 aromatic carbocycles. The second kappa shape index (κ2) is 18.1. The first-order valence-electron chi connectivity index (χ1n) is 25.8. The molecule has 0 spiro atoms. The van der Waals surface area contributed by atoms with Crippen LogP contribution in [-0.2, 0) is 6.42 Å². The van der Waals surface area contributed by atoms with Gasteiger partial charge >= 0.3 is 0 Å². The van der Waals surface area contributed by atoms with Gasteiger partial charge in [0.2, 0.25) is 0 Å². The Labute approximate surface area is 405 Å². The lowest BCUT2D eigenvalue weighted by molar-refractivity contribution is 0.276. The van der Waals surface area contributed by atoms with Gasteiger partial charge in [-0.25, -0.2) is 15.0 Å². The number of allylic oxidation sites excluding steroid dienone is 12. The summed E-state index contributed by atoms with van der Waals surface area (Å²) in [7, 11) is 0. The summed E-state index contributed by atoms with van der Waals surface area (Å²) in [5.74, 6) is 4.43. The van der Waals surface area contributed by atoms with Crippen molar-refractivity contribution in [1.29, 1.82) is 0 Å². The zero-order valence-corrected chi connectivity index (χ0v) is 39.4. The van der Waals surface area contributed by atoms with Crippen molar-refractivity contribution in [2.75, 3.05) is 0 Å². The van der Waals surface area contributed by atoms with Crippen LogP contribution in [0.15, 0.2) is 185 Å². The largest absolute Gasteiger partial charge is 0.458 e. The van der Waals surface area contributed by atoms with Crippen LogP contribution in [0.4, 0.5) is 0 Å². The van der Waals surface area contributed by atoms with E-state index in [1.165, 1.54) is 90.5 Å². The standard InChI is InChI=1S/C64H58N4O/c1-6-19-44(20-7-1)48-38-43(39-49(41-48)45-21-8-2-9-22-45)37-42-33-34-51(57(40-42)64-66-62(46-23-10-3-11-24-46)65-63(67-64)47-25-12-4-13-26-47)54-30-18-31-55-56-36-35-53-52-29-16-17-32-58(52)68(50-27-14-5-15-28-50)59(53)61(56)69-60(54)55/h1-4,6-12,16-17,19-25,27,29,32,35-36,38,40-41,49,51,54,57H,5,13-15,18,26,28,30-31,33-34,37,39H2. The van der Waals surface area contributed by atoms with Gasteiger partial charge in [-0.3, -0.25) is 0 Å². The number of benzene rings is 5. The summed E-state index contributed by atoms with van der Waals surface area (Å²) < 4.78 is 10.1. The molecule has 0 saturated carbocycles.